The normalized spacial score (nSPS) is 18.6. The van der Waals surface area contributed by atoms with E-state index in [1.165, 1.54) is 0 Å². The highest BCUT2D eigenvalue weighted by molar-refractivity contribution is 5.90. The molecule has 0 atom stereocenters. The van der Waals surface area contributed by atoms with Crippen LogP contribution in [0.3, 0.4) is 0 Å². The van der Waals surface area contributed by atoms with Gasteiger partial charge < -0.3 is 19.5 Å². The molecule has 0 aliphatic carbocycles. The van der Waals surface area contributed by atoms with Gasteiger partial charge in [-0.05, 0) is 32.0 Å². The second-order valence-electron chi connectivity index (χ2n) is 6.20. The van der Waals surface area contributed by atoms with Gasteiger partial charge in [-0.1, -0.05) is 0 Å². The number of hydrogen-bond donors (Lipinski definition) is 1. The topological polar surface area (TPSA) is 61.4 Å². The maximum atomic E-state index is 12.4. The Balaban J connectivity index is 1.70. The van der Waals surface area contributed by atoms with E-state index >= 15 is 0 Å². The lowest BCUT2D eigenvalue weighted by atomic mass is 9.83. The average Bonchev–Trinajstić information content (AvgIpc) is 2.95. The van der Waals surface area contributed by atoms with E-state index in [9.17, 15) is 4.79 Å². The van der Waals surface area contributed by atoms with Crippen LogP contribution in [0.25, 0.3) is 0 Å². The zero-order valence-electron chi connectivity index (χ0n) is 12.6. The summed E-state index contributed by atoms with van der Waals surface area (Å²) in [5.74, 6) is 1.40. The molecular formula is C16H22NO4+. The highest BCUT2D eigenvalue weighted by Gasteiger charge is 2.35. The monoisotopic (exact) mass is 292 g/mol. The van der Waals surface area contributed by atoms with Gasteiger partial charge in [-0.25, -0.2) is 4.79 Å². The summed E-state index contributed by atoms with van der Waals surface area (Å²) in [6, 6.07) is 5.16. The minimum absolute atomic E-state index is 0.206. The molecule has 0 saturated carbocycles. The van der Waals surface area contributed by atoms with Gasteiger partial charge in [0.1, 0.15) is 5.60 Å². The first-order chi connectivity index (χ1) is 10.1. The van der Waals surface area contributed by atoms with Crippen LogP contribution in [0.2, 0.25) is 0 Å². The average molecular weight is 292 g/mol. The molecule has 5 nitrogen and oxygen atoms in total. The fourth-order valence-electron chi connectivity index (χ4n) is 3.03. The lowest BCUT2D eigenvalue weighted by Crippen LogP contribution is -2.86. The van der Waals surface area contributed by atoms with Crippen molar-refractivity contribution in [3.63, 3.8) is 0 Å². The molecule has 0 unspecified atom stereocenters. The van der Waals surface area contributed by atoms with Crippen molar-refractivity contribution >= 4 is 5.97 Å². The number of quaternary nitrogens is 1. The maximum Gasteiger partial charge on any atom is 0.338 e. The van der Waals surface area contributed by atoms with Gasteiger partial charge in [0.25, 0.3) is 0 Å². The third-order valence-corrected chi connectivity index (χ3v) is 4.39. The van der Waals surface area contributed by atoms with Crippen LogP contribution >= 0.6 is 0 Å². The van der Waals surface area contributed by atoms with E-state index in [1.54, 1.807) is 18.2 Å². The lowest BCUT2D eigenvalue weighted by Gasteiger charge is -2.35. The van der Waals surface area contributed by atoms with Gasteiger partial charge in [0, 0.05) is 18.8 Å². The van der Waals surface area contributed by atoms with Gasteiger partial charge in [0.2, 0.25) is 6.79 Å². The van der Waals surface area contributed by atoms with Gasteiger partial charge >= 0.3 is 5.97 Å². The van der Waals surface area contributed by atoms with Crippen molar-refractivity contribution in [1.29, 1.82) is 0 Å². The molecule has 0 spiro atoms. The Morgan fingerprint density at radius 2 is 1.95 bits per heavy atom. The molecule has 0 amide bonds. The van der Waals surface area contributed by atoms with Crippen LogP contribution in [0, 0.1) is 5.92 Å². The molecule has 1 fully saturated rings. The Hall–Kier alpha value is -1.75. The standard InChI is InChI=1S/C16H21NO4/c1-16(2,12-5-7-17-8-6-12)21-15(18)11-3-4-13-14(9-11)20-10-19-13/h3-4,9,12,17H,5-8,10H2,1-2H3/p+1. The smallest absolute Gasteiger partial charge is 0.338 e. The maximum absolute atomic E-state index is 12.4. The van der Waals surface area contributed by atoms with E-state index in [0.717, 1.165) is 25.9 Å². The number of ether oxygens (including phenoxy) is 3. The predicted molar refractivity (Wildman–Crippen MR) is 76.4 cm³/mol. The van der Waals surface area contributed by atoms with Crippen LogP contribution in [0.1, 0.15) is 37.0 Å². The summed E-state index contributed by atoms with van der Waals surface area (Å²) in [4.78, 5) is 12.4. The molecule has 21 heavy (non-hydrogen) atoms. The summed E-state index contributed by atoms with van der Waals surface area (Å²) in [6.45, 7) is 6.44. The van der Waals surface area contributed by atoms with Crippen LogP contribution in [-0.2, 0) is 4.74 Å². The molecule has 114 valence electrons. The summed E-state index contributed by atoms with van der Waals surface area (Å²) >= 11 is 0. The Morgan fingerprint density at radius 1 is 1.24 bits per heavy atom. The number of fused-ring (bicyclic) bond motifs is 1. The number of carbonyl (C=O) groups is 1. The third-order valence-electron chi connectivity index (χ3n) is 4.39. The molecule has 2 aliphatic rings. The van der Waals surface area contributed by atoms with Gasteiger partial charge in [0.15, 0.2) is 11.5 Å². The van der Waals surface area contributed by atoms with Crippen LogP contribution in [0.5, 0.6) is 11.5 Å². The van der Waals surface area contributed by atoms with Gasteiger partial charge in [0.05, 0.1) is 18.7 Å². The number of benzene rings is 1. The molecule has 1 saturated heterocycles. The molecule has 0 aromatic heterocycles. The SMILES string of the molecule is CC(C)(OC(=O)c1ccc2c(c1)OCO2)C1CC[NH2+]CC1. The summed E-state index contributed by atoms with van der Waals surface area (Å²) in [5, 5.41) is 2.31. The van der Waals surface area contributed by atoms with E-state index < -0.39 is 5.60 Å². The molecule has 2 N–H and O–H groups in total. The van der Waals surface area contributed by atoms with E-state index in [1.807, 2.05) is 13.8 Å². The number of esters is 1. The quantitative estimate of drug-likeness (QED) is 0.854. The second-order valence-corrected chi connectivity index (χ2v) is 6.20. The van der Waals surface area contributed by atoms with Crippen molar-refractivity contribution in [3.8, 4) is 11.5 Å². The van der Waals surface area contributed by atoms with E-state index in [0.29, 0.717) is 23.0 Å². The lowest BCUT2D eigenvalue weighted by molar-refractivity contribution is -0.665. The second kappa shape index (κ2) is 5.56. The van der Waals surface area contributed by atoms with Crippen LogP contribution in [0.15, 0.2) is 18.2 Å². The fraction of sp³-hybridized carbons (Fsp3) is 0.562. The Labute approximate surface area is 124 Å². The third kappa shape index (κ3) is 2.97. The van der Waals surface area contributed by atoms with Crippen molar-refractivity contribution < 1.29 is 24.3 Å². The molecule has 1 aromatic carbocycles. The van der Waals surface area contributed by atoms with Crippen molar-refractivity contribution in [3.05, 3.63) is 23.8 Å². The van der Waals surface area contributed by atoms with Crippen LogP contribution in [0.4, 0.5) is 0 Å². The first kappa shape index (κ1) is 14.2. The molecule has 3 rings (SSSR count). The fourth-order valence-corrected chi connectivity index (χ4v) is 3.03. The largest absolute Gasteiger partial charge is 0.456 e. The van der Waals surface area contributed by atoms with Gasteiger partial charge in [-0.3, -0.25) is 0 Å². The highest BCUT2D eigenvalue weighted by Crippen LogP contribution is 2.34. The van der Waals surface area contributed by atoms with Crippen molar-refractivity contribution in [2.24, 2.45) is 5.92 Å². The summed E-state index contributed by atoms with van der Waals surface area (Å²) in [7, 11) is 0. The zero-order chi connectivity index (χ0) is 14.9. The van der Waals surface area contributed by atoms with Crippen LogP contribution in [-0.4, -0.2) is 31.5 Å². The van der Waals surface area contributed by atoms with E-state index in [-0.39, 0.29) is 12.8 Å². The zero-order valence-corrected chi connectivity index (χ0v) is 12.6. The summed E-state index contributed by atoms with van der Waals surface area (Å²) in [5.41, 5.74) is 0.0662. The Kier molecular flexibility index (Phi) is 3.76. The summed E-state index contributed by atoms with van der Waals surface area (Å²) < 4.78 is 16.3. The Morgan fingerprint density at radius 3 is 2.71 bits per heavy atom. The van der Waals surface area contributed by atoms with Crippen molar-refractivity contribution in [2.45, 2.75) is 32.3 Å². The minimum atomic E-state index is -0.443. The molecule has 1 aromatic rings. The molecule has 5 heteroatoms. The molecule has 0 radical (unpaired) electrons. The number of rotatable bonds is 3. The number of piperidine rings is 1. The van der Waals surface area contributed by atoms with E-state index in [2.05, 4.69) is 5.32 Å². The predicted octanol–water partition coefficient (Wildman–Crippen LogP) is 1.32. The summed E-state index contributed by atoms with van der Waals surface area (Å²) in [6.07, 6.45) is 2.17. The molecule has 2 aliphatic heterocycles. The molecule has 0 bridgehead atoms. The van der Waals surface area contributed by atoms with Gasteiger partial charge in [-0.15, -0.1) is 0 Å². The first-order valence-corrected chi connectivity index (χ1v) is 7.51. The number of nitrogens with two attached hydrogens (primary N) is 1. The number of carbonyl (C=O) groups excluding carboxylic acids is 1. The highest BCUT2D eigenvalue weighted by atomic mass is 16.7. The first-order valence-electron chi connectivity index (χ1n) is 7.51. The molecule has 2 heterocycles. The van der Waals surface area contributed by atoms with Crippen molar-refractivity contribution in [2.75, 3.05) is 19.9 Å². The minimum Gasteiger partial charge on any atom is -0.456 e. The van der Waals surface area contributed by atoms with Crippen molar-refractivity contribution in [1.82, 2.24) is 0 Å². The van der Waals surface area contributed by atoms with Gasteiger partial charge in [-0.2, -0.15) is 0 Å². The van der Waals surface area contributed by atoms with Crippen LogP contribution < -0.4 is 14.8 Å². The van der Waals surface area contributed by atoms with E-state index in [4.69, 9.17) is 14.2 Å². The molecular weight excluding hydrogens is 270 g/mol. The Bertz CT molecular complexity index is 535. The number of hydrogen-bond acceptors (Lipinski definition) is 4.